The lowest BCUT2D eigenvalue weighted by Gasteiger charge is -2.36. The first-order valence-electron chi connectivity index (χ1n) is 7.18. The number of piperazine rings is 1. The number of aliphatic hydroxyl groups is 1. The molecule has 0 bridgehead atoms. The van der Waals surface area contributed by atoms with Crippen LogP contribution in [0.3, 0.4) is 0 Å². The highest BCUT2D eigenvalue weighted by Gasteiger charge is 2.21. The molecular formula is C15H22N2O4S. The van der Waals surface area contributed by atoms with Crippen LogP contribution in [0.2, 0.25) is 0 Å². The zero-order valence-electron chi connectivity index (χ0n) is 12.9. The van der Waals surface area contributed by atoms with Crippen LogP contribution in [0.5, 0.6) is 17.2 Å². The number of β-amino-alcohol motifs (C(OH)–C–C–N with tert-alkyl or cyclic N) is 1. The van der Waals surface area contributed by atoms with E-state index in [-0.39, 0.29) is 12.4 Å². The molecule has 1 saturated heterocycles. The van der Waals surface area contributed by atoms with Crippen LogP contribution < -0.4 is 9.47 Å². The van der Waals surface area contributed by atoms with Crippen molar-refractivity contribution in [1.82, 2.24) is 9.80 Å². The second kappa shape index (κ2) is 7.62. The van der Waals surface area contributed by atoms with Gasteiger partial charge in [-0.15, -0.1) is 0 Å². The van der Waals surface area contributed by atoms with E-state index in [2.05, 4.69) is 9.80 Å². The van der Waals surface area contributed by atoms with E-state index in [9.17, 15) is 5.11 Å². The molecular weight excluding hydrogens is 304 g/mol. The number of aliphatic hydroxyl groups excluding tert-OH is 1. The van der Waals surface area contributed by atoms with Crippen molar-refractivity contribution in [3.05, 3.63) is 17.7 Å². The standard InChI is InChI=1S/C15H22N2O4S/c1-20-12-9-11(10-13(21-2)14(12)19)15(22)17-5-3-16(4-6-17)7-8-18/h9-10,18-19H,3-8H2,1-2H3. The van der Waals surface area contributed by atoms with Gasteiger partial charge in [-0.3, -0.25) is 4.90 Å². The Bertz CT molecular complexity index is 505. The maximum absolute atomic E-state index is 9.96. The van der Waals surface area contributed by atoms with Gasteiger partial charge in [0.1, 0.15) is 4.99 Å². The Kier molecular flexibility index (Phi) is 5.82. The Labute approximate surface area is 135 Å². The van der Waals surface area contributed by atoms with Crippen LogP contribution in [0.4, 0.5) is 0 Å². The number of methoxy groups -OCH3 is 2. The molecule has 0 aromatic heterocycles. The average molecular weight is 326 g/mol. The smallest absolute Gasteiger partial charge is 0.200 e. The maximum Gasteiger partial charge on any atom is 0.200 e. The number of phenolic OH excluding ortho intramolecular Hbond substituents is 1. The van der Waals surface area contributed by atoms with Crippen molar-refractivity contribution >= 4 is 17.2 Å². The number of hydrogen-bond acceptors (Lipinski definition) is 6. The van der Waals surface area contributed by atoms with Crippen LogP contribution in [0.15, 0.2) is 12.1 Å². The van der Waals surface area contributed by atoms with Gasteiger partial charge in [0.2, 0.25) is 5.75 Å². The van der Waals surface area contributed by atoms with Crippen molar-refractivity contribution < 1.29 is 19.7 Å². The second-order valence-electron chi connectivity index (χ2n) is 5.09. The maximum atomic E-state index is 9.96. The lowest BCUT2D eigenvalue weighted by Crippen LogP contribution is -2.49. The molecule has 6 nitrogen and oxygen atoms in total. The van der Waals surface area contributed by atoms with Crippen LogP contribution in [-0.4, -0.2) is 78.6 Å². The summed E-state index contributed by atoms with van der Waals surface area (Å²) in [7, 11) is 2.99. The quantitative estimate of drug-likeness (QED) is 0.772. The van der Waals surface area contributed by atoms with Gasteiger partial charge >= 0.3 is 0 Å². The number of benzene rings is 1. The summed E-state index contributed by atoms with van der Waals surface area (Å²) in [5.41, 5.74) is 0.789. The van der Waals surface area contributed by atoms with Gasteiger partial charge in [0.05, 0.1) is 20.8 Å². The molecule has 122 valence electrons. The molecule has 7 heteroatoms. The van der Waals surface area contributed by atoms with Gasteiger partial charge in [0.25, 0.3) is 0 Å². The van der Waals surface area contributed by atoms with E-state index in [0.717, 1.165) is 31.7 Å². The third-order valence-electron chi connectivity index (χ3n) is 3.80. The molecule has 0 saturated carbocycles. The lowest BCUT2D eigenvalue weighted by atomic mass is 10.1. The number of hydrogen-bond donors (Lipinski definition) is 2. The molecule has 1 fully saturated rings. The molecule has 0 spiro atoms. The predicted molar refractivity (Wildman–Crippen MR) is 88.0 cm³/mol. The molecule has 1 aliphatic heterocycles. The summed E-state index contributed by atoms with van der Waals surface area (Å²) >= 11 is 5.57. The van der Waals surface area contributed by atoms with Crippen molar-refractivity contribution in [3.63, 3.8) is 0 Å². The zero-order chi connectivity index (χ0) is 16.1. The van der Waals surface area contributed by atoms with E-state index in [1.807, 2.05) is 0 Å². The molecule has 0 aliphatic carbocycles. The van der Waals surface area contributed by atoms with Crippen LogP contribution in [0, 0.1) is 0 Å². The predicted octanol–water partition coefficient (Wildman–Crippen LogP) is 0.695. The SMILES string of the molecule is COc1cc(C(=S)N2CCN(CCO)CC2)cc(OC)c1O. The minimum Gasteiger partial charge on any atom is -0.502 e. The average Bonchev–Trinajstić information content (AvgIpc) is 2.55. The summed E-state index contributed by atoms with van der Waals surface area (Å²) in [6, 6.07) is 3.45. The Balaban J connectivity index is 2.13. The summed E-state index contributed by atoms with van der Waals surface area (Å²) in [5, 5.41) is 18.9. The number of phenols is 1. The monoisotopic (exact) mass is 326 g/mol. The highest BCUT2D eigenvalue weighted by molar-refractivity contribution is 7.80. The van der Waals surface area contributed by atoms with Crippen LogP contribution in [0.1, 0.15) is 5.56 Å². The van der Waals surface area contributed by atoms with E-state index in [4.69, 9.17) is 26.8 Å². The van der Waals surface area contributed by atoms with Gasteiger partial charge < -0.3 is 24.6 Å². The Morgan fingerprint density at radius 2 is 1.68 bits per heavy atom. The van der Waals surface area contributed by atoms with Crippen molar-refractivity contribution in [1.29, 1.82) is 0 Å². The lowest BCUT2D eigenvalue weighted by molar-refractivity contribution is 0.148. The molecule has 0 atom stereocenters. The molecule has 1 heterocycles. The molecule has 2 N–H and O–H groups in total. The van der Waals surface area contributed by atoms with Crippen LogP contribution in [0.25, 0.3) is 0 Å². The molecule has 1 aromatic carbocycles. The summed E-state index contributed by atoms with van der Waals surface area (Å²) in [6.07, 6.45) is 0. The molecule has 0 radical (unpaired) electrons. The number of rotatable bonds is 5. The summed E-state index contributed by atoms with van der Waals surface area (Å²) in [4.78, 5) is 5.03. The Morgan fingerprint density at radius 3 is 2.14 bits per heavy atom. The van der Waals surface area contributed by atoms with E-state index in [0.29, 0.717) is 23.0 Å². The fourth-order valence-electron chi connectivity index (χ4n) is 2.52. The first kappa shape index (κ1) is 16.8. The summed E-state index contributed by atoms with van der Waals surface area (Å²) < 4.78 is 10.3. The topological polar surface area (TPSA) is 65.4 Å². The largest absolute Gasteiger partial charge is 0.502 e. The molecule has 1 aromatic rings. The third-order valence-corrected chi connectivity index (χ3v) is 4.30. The van der Waals surface area contributed by atoms with Crippen molar-refractivity contribution in [2.24, 2.45) is 0 Å². The molecule has 0 unspecified atom stereocenters. The molecule has 22 heavy (non-hydrogen) atoms. The Morgan fingerprint density at radius 1 is 1.14 bits per heavy atom. The minimum atomic E-state index is -0.0238. The van der Waals surface area contributed by atoms with Gasteiger partial charge in [-0.1, -0.05) is 12.2 Å². The van der Waals surface area contributed by atoms with E-state index >= 15 is 0 Å². The third kappa shape index (κ3) is 3.60. The molecule has 1 aliphatic rings. The summed E-state index contributed by atoms with van der Waals surface area (Å²) in [5.74, 6) is 0.663. The minimum absolute atomic E-state index is 0.0238. The van der Waals surface area contributed by atoms with Gasteiger partial charge in [-0.2, -0.15) is 0 Å². The number of ether oxygens (including phenoxy) is 2. The fourth-order valence-corrected chi connectivity index (χ4v) is 2.82. The van der Waals surface area contributed by atoms with Crippen LogP contribution >= 0.6 is 12.2 Å². The second-order valence-corrected chi connectivity index (χ2v) is 5.47. The number of nitrogens with zero attached hydrogens (tertiary/aromatic N) is 2. The number of thiocarbonyl (C=S) groups is 1. The van der Waals surface area contributed by atoms with Gasteiger partial charge in [0.15, 0.2) is 11.5 Å². The van der Waals surface area contributed by atoms with Gasteiger partial charge in [0, 0.05) is 38.3 Å². The van der Waals surface area contributed by atoms with Gasteiger partial charge in [-0.25, -0.2) is 0 Å². The molecule has 0 amide bonds. The number of aromatic hydroxyl groups is 1. The van der Waals surface area contributed by atoms with Crippen molar-refractivity contribution in [2.75, 3.05) is 53.6 Å². The summed E-state index contributed by atoms with van der Waals surface area (Å²) in [6.45, 7) is 4.23. The fraction of sp³-hybridized carbons (Fsp3) is 0.533. The van der Waals surface area contributed by atoms with E-state index < -0.39 is 0 Å². The van der Waals surface area contributed by atoms with Crippen LogP contribution in [-0.2, 0) is 0 Å². The van der Waals surface area contributed by atoms with Gasteiger partial charge in [-0.05, 0) is 12.1 Å². The van der Waals surface area contributed by atoms with Crippen molar-refractivity contribution in [3.8, 4) is 17.2 Å². The normalized spacial score (nSPS) is 15.7. The highest BCUT2D eigenvalue weighted by atomic mass is 32.1. The van der Waals surface area contributed by atoms with E-state index in [1.165, 1.54) is 14.2 Å². The first-order valence-corrected chi connectivity index (χ1v) is 7.59. The molecule has 2 rings (SSSR count). The Hall–Kier alpha value is -1.57. The van der Waals surface area contributed by atoms with E-state index in [1.54, 1.807) is 12.1 Å². The zero-order valence-corrected chi connectivity index (χ0v) is 13.7. The highest BCUT2D eigenvalue weighted by Crippen LogP contribution is 2.37. The first-order chi connectivity index (χ1) is 10.6. The van der Waals surface area contributed by atoms with Crippen molar-refractivity contribution in [2.45, 2.75) is 0 Å².